The highest BCUT2D eigenvalue weighted by molar-refractivity contribution is 5.20. The highest BCUT2D eigenvalue weighted by Gasteiger charge is 1.58. The van der Waals surface area contributed by atoms with Gasteiger partial charge in [-0.1, -0.05) is 6.07 Å². The number of rotatable bonds is 0. The van der Waals surface area contributed by atoms with Gasteiger partial charge in [-0.15, -0.1) is 5.16 Å². The number of pyridine rings is 1. The number of oxime groups is 1. The second-order valence-electron chi connectivity index (χ2n) is 1.17. The lowest BCUT2D eigenvalue weighted by Crippen LogP contribution is -1.58. The summed E-state index contributed by atoms with van der Waals surface area (Å²) >= 11 is 0. The van der Waals surface area contributed by atoms with E-state index in [1.807, 2.05) is 18.2 Å². The molecule has 0 spiro atoms. The van der Waals surface area contributed by atoms with Crippen molar-refractivity contribution in [2.24, 2.45) is 5.16 Å². The van der Waals surface area contributed by atoms with Crippen molar-refractivity contribution in [3.05, 3.63) is 30.6 Å². The van der Waals surface area contributed by atoms with Gasteiger partial charge < -0.3 is 5.21 Å². The van der Waals surface area contributed by atoms with Gasteiger partial charge in [-0.2, -0.15) is 0 Å². The lowest BCUT2D eigenvalue weighted by atomic mass is 10.5. The Bertz CT molecular complexity index is 114. The average Bonchev–Trinajstić information content (AvgIpc) is 1.93. The van der Waals surface area contributed by atoms with Crippen LogP contribution in [0.15, 0.2) is 35.7 Å². The molecular weight excluding hydrogens is 116 g/mol. The van der Waals surface area contributed by atoms with Crippen molar-refractivity contribution in [1.82, 2.24) is 4.98 Å². The first kappa shape index (κ1) is 7.62. The third kappa shape index (κ3) is 6.62. The van der Waals surface area contributed by atoms with E-state index in [2.05, 4.69) is 16.9 Å². The van der Waals surface area contributed by atoms with Crippen LogP contribution in [0.5, 0.6) is 0 Å². The molecule has 0 bridgehead atoms. The molecule has 1 rings (SSSR count). The van der Waals surface area contributed by atoms with Gasteiger partial charge in [-0.3, -0.25) is 4.98 Å². The summed E-state index contributed by atoms with van der Waals surface area (Å²) in [6, 6.07) is 5.72. The molecule has 0 aliphatic carbocycles. The molecule has 0 atom stereocenters. The molecule has 48 valence electrons. The fourth-order valence-corrected chi connectivity index (χ4v) is 0.313. The Morgan fingerprint density at radius 1 is 1.22 bits per heavy atom. The minimum Gasteiger partial charge on any atom is -0.411 e. The van der Waals surface area contributed by atoms with Crippen molar-refractivity contribution in [2.45, 2.75) is 0 Å². The van der Waals surface area contributed by atoms with Crippen molar-refractivity contribution in [2.75, 3.05) is 0 Å². The molecule has 0 saturated carbocycles. The molecule has 3 nitrogen and oxygen atoms in total. The molecule has 0 aliphatic rings. The summed E-state index contributed by atoms with van der Waals surface area (Å²) in [7, 11) is 0. The fourth-order valence-electron chi connectivity index (χ4n) is 0.313. The summed E-state index contributed by atoms with van der Waals surface area (Å²) in [6.07, 6.45) is 3.50. The van der Waals surface area contributed by atoms with E-state index < -0.39 is 0 Å². The highest BCUT2D eigenvalue weighted by Crippen LogP contribution is 1.73. The van der Waals surface area contributed by atoms with Gasteiger partial charge in [0.15, 0.2) is 0 Å². The number of hydrogen-bond acceptors (Lipinski definition) is 3. The van der Waals surface area contributed by atoms with Gasteiger partial charge in [0, 0.05) is 19.1 Å². The Kier molecular flexibility index (Phi) is 5.60. The molecule has 0 amide bonds. The molecular formula is C6H8N2O. The molecule has 1 aromatic heterocycles. The van der Waals surface area contributed by atoms with Gasteiger partial charge in [0.05, 0.1) is 0 Å². The molecule has 9 heavy (non-hydrogen) atoms. The maximum Gasteiger partial charge on any atom is 0.0298 e. The summed E-state index contributed by atoms with van der Waals surface area (Å²) in [5, 5.41) is 9.33. The van der Waals surface area contributed by atoms with E-state index in [4.69, 9.17) is 5.21 Å². The van der Waals surface area contributed by atoms with Crippen LogP contribution < -0.4 is 0 Å². The Balaban J connectivity index is 0.000000187. The topological polar surface area (TPSA) is 45.5 Å². The minimum atomic E-state index is 1.75. The number of aromatic nitrogens is 1. The Morgan fingerprint density at radius 3 is 1.78 bits per heavy atom. The highest BCUT2D eigenvalue weighted by atomic mass is 16.4. The molecule has 3 heteroatoms. The van der Waals surface area contributed by atoms with Crippen molar-refractivity contribution >= 4 is 6.72 Å². The van der Waals surface area contributed by atoms with Crippen molar-refractivity contribution < 1.29 is 5.21 Å². The van der Waals surface area contributed by atoms with E-state index in [1.54, 1.807) is 12.4 Å². The van der Waals surface area contributed by atoms with E-state index in [1.165, 1.54) is 0 Å². The average molecular weight is 124 g/mol. The predicted molar refractivity (Wildman–Crippen MR) is 35.6 cm³/mol. The third-order valence-electron chi connectivity index (χ3n) is 0.566. The van der Waals surface area contributed by atoms with Gasteiger partial charge in [-0.25, -0.2) is 0 Å². The normalized spacial score (nSPS) is 6.67. The van der Waals surface area contributed by atoms with E-state index in [-0.39, 0.29) is 0 Å². The second-order valence-corrected chi connectivity index (χ2v) is 1.17. The summed E-state index contributed by atoms with van der Waals surface area (Å²) in [5.74, 6) is 0. The summed E-state index contributed by atoms with van der Waals surface area (Å²) in [6.45, 7) is 2.67. The van der Waals surface area contributed by atoms with Crippen molar-refractivity contribution in [3.63, 3.8) is 0 Å². The maximum absolute atomic E-state index is 7.08. The molecule has 1 N–H and O–H groups in total. The summed E-state index contributed by atoms with van der Waals surface area (Å²) in [5.41, 5.74) is 0. The van der Waals surface area contributed by atoms with Gasteiger partial charge in [0.1, 0.15) is 0 Å². The van der Waals surface area contributed by atoms with Gasteiger partial charge in [0.2, 0.25) is 0 Å². The smallest absolute Gasteiger partial charge is 0.0298 e. The zero-order valence-corrected chi connectivity index (χ0v) is 4.94. The summed E-state index contributed by atoms with van der Waals surface area (Å²) < 4.78 is 0. The van der Waals surface area contributed by atoms with E-state index in [0.717, 1.165) is 0 Å². The third-order valence-corrected chi connectivity index (χ3v) is 0.566. The van der Waals surface area contributed by atoms with Crippen LogP contribution in [0.25, 0.3) is 0 Å². The monoisotopic (exact) mass is 124 g/mol. The zero-order chi connectivity index (χ0) is 6.95. The lowest BCUT2D eigenvalue weighted by molar-refractivity contribution is 0.323. The van der Waals surface area contributed by atoms with Gasteiger partial charge in [-0.05, 0) is 12.1 Å². The molecule has 1 heterocycles. The quantitative estimate of drug-likeness (QED) is 0.320. The van der Waals surface area contributed by atoms with E-state index in [9.17, 15) is 0 Å². The SMILES string of the molecule is C=NO.c1ccncc1. The molecule has 0 saturated heterocycles. The van der Waals surface area contributed by atoms with Crippen molar-refractivity contribution in [3.8, 4) is 0 Å². The van der Waals surface area contributed by atoms with Crippen LogP contribution in [0, 0.1) is 0 Å². The first-order valence-corrected chi connectivity index (χ1v) is 2.37. The van der Waals surface area contributed by atoms with Crippen LogP contribution in [0.3, 0.4) is 0 Å². The van der Waals surface area contributed by atoms with E-state index >= 15 is 0 Å². The first-order valence-electron chi connectivity index (χ1n) is 2.37. The molecule has 0 aromatic carbocycles. The predicted octanol–water partition coefficient (Wildman–Crippen LogP) is 1.16. The van der Waals surface area contributed by atoms with E-state index in [0.29, 0.717) is 0 Å². The second kappa shape index (κ2) is 6.62. The van der Waals surface area contributed by atoms with Crippen LogP contribution in [0.4, 0.5) is 0 Å². The molecule has 0 fully saturated rings. The van der Waals surface area contributed by atoms with Gasteiger partial charge >= 0.3 is 0 Å². The molecule has 0 aliphatic heterocycles. The van der Waals surface area contributed by atoms with Crippen LogP contribution in [-0.2, 0) is 0 Å². The molecule has 0 unspecified atom stereocenters. The van der Waals surface area contributed by atoms with Crippen LogP contribution in [0.1, 0.15) is 0 Å². The van der Waals surface area contributed by atoms with Crippen LogP contribution in [0.2, 0.25) is 0 Å². The Morgan fingerprint density at radius 2 is 1.67 bits per heavy atom. The summed E-state index contributed by atoms with van der Waals surface area (Å²) in [4.78, 5) is 3.78. The largest absolute Gasteiger partial charge is 0.411 e. The Hall–Kier alpha value is -1.38. The maximum atomic E-state index is 7.08. The lowest BCUT2D eigenvalue weighted by Gasteiger charge is -1.70. The zero-order valence-electron chi connectivity index (χ0n) is 4.94. The number of nitrogens with zero attached hydrogens (tertiary/aromatic N) is 2. The van der Waals surface area contributed by atoms with Crippen LogP contribution in [-0.4, -0.2) is 16.9 Å². The molecule has 0 radical (unpaired) electrons. The van der Waals surface area contributed by atoms with Crippen molar-refractivity contribution in [1.29, 1.82) is 0 Å². The fraction of sp³-hybridized carbons (Fsp3) is 0. The molecule has 1 aromatic rings. The van der Waals surface area contributed by atoms with Crippen LogP contribution >= 0.6 is 0 Å². The Labute approximate surface area is 53.7 Å². The minimum absolute atomic E-state index is 1.75. The van der Waals surface area contributed by atoms with Gasteiger partial charge in [0.25, 0.3) is 0 Å². The first-order chi connectivity index (χ1) is 4.41. The number of hydrogen-bond donors (Lipinski definition) is 1. The standard InChI is InChI=1S/C5H5N.CH3NO/c1-2-4-6-5-3-1;1-2-3/h1-5H;3H,1H2.